The Balaban J connectivity index is 1.59. The first-order valence-corrected chi connectivity index (χ1v) is 8.16. The molecule has 1 fully saturated rings. The monoisotopic (exact) mass is 343 g/mol. The smallest absolute Gasteiger partial charge is 0.231 e. The Morgan fingerprint density at radius 1 is 1.44 bits per heavy atom. The number of H-pyrrole nitrogens is 1. The van der Waals surface area contributed by atoms with Crippen molar-refractivity contribution >= 4 is 22.8 Å². The molecule has 0 aliphatic carbocycles. The Bertz CT molecular complexity index is 909. The van der Waals surface area contributed by atoms with Crippen molar-refractivity contribution in [2.75, 3.05) is 18.5 Å². The number of fused-ring (bicyclic) bond motifs is 1. The molecule has 0 saturated carbocycles. The van der Waals surface area contributed by atoms with Gasteiger partial charge >= 0.3 is 0 Å². The van der Waals surface area contributed by atoms with Crippen molar-refractivity contribution < 1.29 is 13.9 Å². The van der Waals surface area contributed by atoms with Crippen molar-refractivity contribution in [2.45, 2.75) is 19.9 Å². The number of aromatic amines is 1. The topological polar surface area (TPSA) is 84.8 Å². The minimum atomic E-state index is -0.272. The molecule has 2 N–H and O–H groups in total. The van der Waals surface area contributed by atoms with Crippen molar-refractivity contribution in [3.63, 3.8) is 0 Å². The van der Waals surface area contributed by atoms with Gasteiger partial charge in [0.15, 0.2) is 5.65 Å². The van der Waals surface area contributed by atoms with Gasteiger partial charge in [0, 0.05) is 6.61 Å². The second-order valence-electron chi connectivity index (χ2n) is 6.22. The third-order valence-corrected chi connectivity index (χ3v) is 4.42. The number of aryl methyl sites for hydroxylation is 1. The first-order chi connectivity index (χ1) is 12.1. The molecular formula is C17H18FN5O2. The highest BCUT2D eigenvalue weighted by atomic mass is 19.1. The van der Waals surface area contributed by atoms with Crippen molar-refractivity contribution in [1.82, 2.24) is 20.0 Å². The highest BCUT2D eigenvalue weighted by Crippen LogP contribution is 2.26. The van der Waals surface area contributed by atoms with E-state index in [0.717, 1.165) is 23.1 Å². The fraction of sp³-hybridized carbons (Fsp3) is 0.353. The van der Waals surface area contributed by atoms with Crippen molar-refractivity contribution in [1.29, 1.82) is 0 Å². The molecule has 1 aliphatic heterocycles. The van der Waals surface area contributed by atoms with E-state index < -0.39 is 0 Å². The number of carbonyl (C=O) groups is 1. The number of hydrogen-bond acceptors (Lipinski definition) is 4. The zero-order valence-electron chi connectivity index (χ0n) is 13.8. The lowest BCUT2D eigenvalue weighted by Crippen LogP contribution is -2.23. The summed E-state index contributed by atoms with van der Waals surface area (Å²) < 4.78 is 20.0. The molecule has 0 radical (unpaired) electrons. The molecule has 3 heterocycles. The van der Waals surface area contributed by atoms with Crippen LogP contribution in [0.2, 0.25) is 0 Å². The Morgan fingerprint density at radius 3 is 2.96 bits per heavy atom. The van der Waals surface area contributed by atoms with Crippen LogP contribution in [0.1, 0.15) is 17.7 Å². The van der Waals surface area contributed by atoms with E-state index in [1.165, 1.54) is 12.1 Å². The number of halogens is 1. The normalized spacial score (nSPS) is 17.3. The molecule has 1 amide bonds. The predicted molar refractivity (Wildman–Crippen MR) is 89.7 cm³/mol. The fourth-order valence-corrected chi connectivity index (χ4v) is 3.07. The molecule has 0 bridgehead atoms. The molecule has 3 aromatic rings. The summed E-state index contributed by atoms with van der Waals surface area (Å²) in [6.07, 6.45) is 0.728. The first-order valence-electron chi connectivity index (χ1n) is 8.16. The lowest BCUT2D eigenvalue weighted by atomic mass is 10.1. The van der Waals surface area contributed by atoms with Gasteiger partial charge in [0.25, 0.3) is 0 Å². The summed E-state index contributed by atoms with van der Waals surface area (Å²) in [4.78, 5) is 12.3. The molecule has 8 heteroatoms. The van der Waals surface area contributed by atoms with Crippen molar-refractivity contribution in [3.8, 4) is 0 Å². The molecular weight excluding hydrogens is 325 g/mol. The quantitative estimate of drug-likeness (QED) is 0.761. The van der Waals surface area contributed by atoms with Crippen LogP contribution < -0.4 is 5.32 Å². The van der Waals surface area contributed by atoms with E-state index in [-0.39, 0.29) is 17.6 Å². The van der Waals surface area contributed by atoms with Crippen LogP contribution in [0, 0.1) is 18.7 Å². The molecule has 0 unspecified atom stereocenters. The number of nitrogens with one attached hydrogen (secondary N) is 2. The molecule has 7 nitrogen and oxygen atoms in total. The van der Waals surface area contributed by atoms with Gasteiger partial charge in [0.1, 0.15) is 11.6 Å². The fourth-order valence-electron chi connectivity index (χ4n) is 3.07. The van der Waals surface area contributed by atoms with Gasteiger partial charge in [-0.2, -0.15) is 10.2 Å². The number of amides is 1. The minimum absolute atomic E-state index is 0.0752. The zero-order valence-corrected chi connectivity index (χ0v) is 13.8. The van der Waals surface area contributed by atoms with Gasteiger partial charge in [-0.05, 0) is 31.0 Å². The van der Waals surface area contributed by atoms with Crippen LogP contribution in [-0.2, 0) is 16.1 Å². The van der Waals surface area contributed by atoms with Crippen LogP contribution >= 0.6 is 0 Å². The maximum absolute atomic E-state index is 13.0. The summed E-state index contributed by atoms with van der Waals surface area (Å²) in [5.74, 6) is 0.0719. The van der Waals surface area contributed by atoms with E-state index in [4.69, 9.17) is 4.74 Å². The lowest BCUT2D eigenvalue weighted by Gasteiger charge is -2.07. The van der Waals surface area contributed by atoms with Crippen molar-refractivity contribution in [2.24, 2.45) is 5.92 Å². The Hall–Kier alpha value is -2.74. The highest BCUT2D eigenvalue weighted by molar-refractivity contribution is 6.00. The van der Waals surface area contributed by atoms with E-state index >= 15 is 0 Å². The molecule has 130 valence electrons. The van der Waals surface area contributed by atoms with E-state index in [1.807, 2.05) is 6.92 Å². The lowest BCUT2D eigenvalue weighted by molar-refractivity contribution is -0.119. The number of hydrogen-bond donors (Lipinski definition) is 2. The number of benzene rings is 1. The van der Waals surface area contributed by atoms with Gasteiger partial charge in [-0.15, -0.1) is 0 Å². The standard InChI is InChI=1S/C17H18FN5O2/c1-10-14-15(19-17(24)12-6-7-25-9-12)20-21-16(14)23(22-10)8-11-2-4-13(18)5-3-11/h2-5,12H,6-9H2,1H3,(H2,19,20,21,24)/t12-/m1/s1. The largest absolute Gasteiger partial charge is 0.381 e. The van der Waals surface area contributed by atoms with Crippen LogP contribution in [0.25, 0.3) is 11.0 Å². The Labute approximate surface area is 143 Å². The summed E-state index contributed by atoms with van der Waals surface area (Å²) in [5, 5.41) is 15.3. The summed E-state index contributed by atoms with van der Waals surface area (Å²) in [6, 6.07) is 6.27. The van der Waals surface area contributed by atoms with Gasteiger partial charge in [-0.3, -0.25) is 9.89 Å². The average Bonchev–Trinajstić information content (AvgIpc) is 3.30. The molecule has 1 aliphatic rings. The summed E-state index contributed by atoms with van der Waals surface area (Å²) in [7, 11) is 0. The minimum Gasteiger partial charge on any atom is -0.381 e. The highest BCUT2D eigenvalue weighted by Gasteiger charge is 2.25. The van der Waals surface area contributed by atoms with Crippen LogP contribution in [-0.4, -0.2) is 39.1 Å². The Morgan fingerprint density at radius 2 is 2.24 bits per heavy atom. The second-order valence-corrected chi connectivity index (χ2v) is 6.22. The van der Waals surface area contributed by atoms with Crippen LogP contribution in [0.4, 0.5) is 10.2 Å². The summed E-state index contributed by atoms with van der Waals surface area (Å²) in [5.41, 5.74) is 2.34. The third kappa shape index (κ3) is 3.00. The van der Waals surface area contributed by atoms with E-state index in [0.29, 0.717) is 31.2 Å². The van der Waals surface area contributed by atoms with Crippen LogP contribution in [0.3, 0.4) is 0 Å². The maximum atomic E-state index is 13.0. The number of aromatic nitrogens is 4. The Kier molecular flexibility index (Phi) is 3.96. The van der Waals surface area contributed by atoms with Gasteiger partial charge in [0.05, 0.1) is 30.1 Å². The van der Waals surface area contributed by atoms with Gasteiger partial charge < -0.3 is 10.1 Å². The summed E-state index contributed by atoms with van der Waals surface area (Å²) >= 11 is 0. The molecule has 25 heavy (non-hydrogen) atoms. The number of nitrogens with zero attached hydrogens (tertiary/aromatic N) is 3. The SMILES string of the molecule is Cc1nn(Cc2ccc(F)cc2)c2n[nH]c(NC(=O)[C@@H]3CCOC3)c12. The average molecular weight is 343 g/mol. The molecule has 2 aromatic heterocycles. The molecule has 1 aromatic carbocycles. The molecule has 1 saturated heterocycles. The van der Waals surface area contributed by atoms with Gasteiger partial charge in [-0.1, -0.05) is 12.1 Å². The van der Waals surface area contributed by atoms with E-state index in [2.05, 4.69) is 20.6 Å². The maximum Gasteiger partial charge on any atom is 0.231 e. The molecule has 4 rings (SSSR count). The number of rotatable bonds is 4. The number of anilines is 1. The zero-order chi connectivity index (χ0) is 17.4. The second kappa shape index (κ2) is 6.29. The summed E-state index contributed by atoms with van der Waals surface area (Å²) in [6.45, 7) is 3.41. The van der Waals surface area contributed by atoms with E-state index in [1.54, 1.807) is 16.8 Å². The number of ether oxygens (including phenoxy) is 1. The number of carbonyl (C=O) groups excluding carboxylic acids is 1. The van der Waals surface area contributed by atoms with Crippen molar-refractivity contribution in [3.05, 3.63) is 41.3 Å². The molecule has 1 atom stereocenters. The van der Waals surface area contributed by atoms with Crippen LogP contribution in [0.15, 0.2) is 24.3 Å². The van der Waals surface area contributed by atoms with Gasteiger partial charge in [0.2, 0.25) is 5.91 Å². The van der Waals surface area contributed by atoms with Gasteiger partial charge in [-0.25, -0.2) is 9.07 Å². The van der Waals surface area contributed by atoms with Crippen LogP contribution in [0.5, 0.6) is 0 Å². The molecule has 0 spiro atoms. The van der Waals surface area contributed by atoms with E-state index in [9.17, 15) is 9.18 Å². The predicted octanol–water partition coefficient (Wildman–Crippen LogP) is 2.23. The first kappa shape index (κ1) is 15.8. The third-order valence-electron chi connectivity index (χ3n) is 4.42.